The molecule has 0 heterocycles. The van der Waals surface area contributed by atoms with Gasteiger partial charge in [-0.3, -0.25) is 4.79 Å². The van der Waals surface area contributed by atoms with Gasteiger partial charge in [-0.15, -0.1) is 0 Å². The summed E-state index contributed by atoms with van der Waals surface area (Å²) in [5, 5.41) is 5.65. The average molecular weight is 297 g/mol. The molecule has 0 aliphatic heterocycles. The Morgan fingerprint density at radius 2 is 1.55 bits per heavy atom. The van der Waals surface area contributed by atoms with Crippen LogP contribution in [0, 0.1) is 0 Å². The molecule has 5 nitrogen and oxygen atoms in total. The van der Waals surface area contributed by atoms with Crippen molar-refractivity contribution >= 4 is 17.6 Å². The highest BCUT2D eigenvalue weighted by atomic mass is 16.2. The summed E-state index contributed by atoms with van der Waals surface area (Å²) in [5.74, 6) is -0.499. The number of carbonyl (C=O) groups excluding carboxylic acids is 2. The second-order valence-corrected chi connectivity index (χ2v) is 5.51. The molecule has 22 heavy (non-hydrogen) atoms. The molecule has 0 atom stereocenters. The first-order chi connectivity index (χ1) is 10.4. The normalized spacial score (nSPS) is 10.8. The Morgan fingerprint density at radius 1 is 0.955 bits per heavy atom. The third kappa shape index (κ3) is 3.85. The van der Waals surface area contributed by atoms with Crippen molar-refractivity contribution in [1.82, 2.24) is 5.32 Å². The van der Waals surface area contributed by atoms with Gasteiger partial charge >= 0.3 is 6.03 Å². The number of hydrogen-bond acceptors (Lipinski definition) is 2. The number of benzene rings is 2. The van der Waals surface area contributed by atoms with E-state index >= 15 is 0 Å². The standard InChI is InChI=1S/C17H19N3O2/c1-17(2,13-6-4-3-5-7-13)20-16(22)19-14-10-8-12(9-11-14)15(18)21/h3-11H,1-2H3,(H2,18,21)(H2,19,20,22). The van der Waals surface area contributed by atoms with Crippen LogP contribution in [0.3, 0.4) is 0 Å². The number of nitrogens with one attached hydrogen (secondary N) is 2. The summed E-state index contributed by atoms with van der Waals surface area (Å²) in [6.07, 6.45) is 0. The van der Waals surface area contributed by atoms with Gasteiger partial charge in [0, 0.05) is 11.3 Å². The van der Waals surface area contributed by atoms with Crippen molar-refractivity contribution in [3.63, 3.8) is 0 Å². The molecule has 0 fully saturated rings. The SMILES string of the molecule is CC(C)(NC(=O)Nc1ccc(C(N)=O)cc1)c1ccccc1. The smallest absolute Gasteiger partial charge is 0.319 e. The van der Waals surface area contributed by atoms with E-state index in [-0.39, 0.29) is 6.03 Å². The van der Waals surface area contributed by atoms with Crippen molar-refractivity contribution in [2.75, 3.05) is 5.32 Å². The van der Waals surface area contributed by atoms with Crippen LogP contribution in [0.4, 0.5) is 10.5 Å². The molecule has 0 spiro atoms. The molecular weight excluding hydrogens is 278 g/mol. The van der Waals surface area contributed by atoms with Crippen molar-refractivity contribution < 1.29 is 9.59 Å². The molecule has 0 aromatic heterocycles. The summed E-state index contributed by atoms with van der Waals surface area (Å²) in [6.45, 7) is 3.86. The molecule has 0 saturated heterocycles. The summed E-state index contributed by atoms with van der Waals surface area (Å²) in [5.41, 5.74) is 6.67. The van der Waals surface area contributed by atoms with Gasteiger partial charge in [-0.05, 0) is 43.7 Å². The van der Waals surface area contributed by atoms with Crippen LogP contribution in [0.1, 0.15) is 29.8 Å². The molecule has 5 heteroatoms. The summed E-state index contributed by atoms with van der Waals surface area (Å²) >= 11 is 0. The van der Waals surface area contributed by atoms with Gasteiger partial charge in [0.05, 0.1) is 5.54 Å². The number of amides is 3. The largest absolute Gasteiger partial charge is 0.366 e. The second-order valence-electron chi connectivity index (χ2n) is 5.51. The Hall–Kier alpha value is -2.82. The number of rotatable bonds is 4. The second kappa shape index (κ2) is 6.30. The lowest BCUT2D eigenvalue weighted by atomic mass is 9.95. The molecule has 2 rings (SSSR count). The van der Waals surface area contributed by atoms with Crippen LogP contribution >= 0.6 is 0 Å². The molecule has 0 bridgehead atoms. The van der Waals surface area contributed by atoms with Gasteiger partial charge in [0.15, 0.2) is 0 Å². The Balaban J connectivity index is 2.02. The molecular formula is C17H19N3O2. The van der Waals surface area contributed by atoms with Crippen molar-refractivity contribution in [2.45, 2.75) is 19.4 Å². The maximum Gasteiger partial charge on any atom is 0.319 e. The van der Waals surface area contributed by atoms with Gasteiger partial charge in [0.2, 0.25) is 5.91 Å². The lowest BCUT2D eigenvalue weighted by Crippen LogP contribution is -2.43. The molecule has 0 radical (unpaired) electrons. The molecule has 4 N–H and O–H groups in total. The Morgan fingerprint density at radius 3 is 2.09 bits per heavy atom. The van der Waals surface area contributed by atoms with Gasteiger partial charge < -0.3 is 16.4 Å². The number of nitrogens with two attached hydrogens (primary N) is 1. The van der Waals surface area contributed by atoms with Gasteiger partial charge in [0.1, 0.15) is 0 Å². The fraction of sp³-hybridized carbons (Fsp3) is 0.176. The summed E-state index contributed by atoms with van der Waals surface area (Å²) in [4.78, 5) is 23.1. The zero-order chi connectivity index (χ0) is 16.2. The molecule has 0 saturated carbocycles. The van der Waals surface area contributed by atoms with Crippen LogP contribution in [0.2, 0.25) is 0 Å². The maximum atomic E-state index is 12.1. The summed E-state index contributed by atoms with van der Waals surface area (Å²) in [6, 6.07) is 15.8. The van der Waals surface area contributed by atoms with Crippen LogP contribution in [0.5, 0.6) is 0 Å². The number of urea groups is 1. The van der Waals surface area contributed by atoms with E-state index in [1.54, 1.807) is 24.3 Å². The van der Waals surface area contributed by atoms with Crippen LogP contribution in [-0.4, -0.2) is 11.9 Å². The van der Waals surface area contributed by atoms with E-state index in [0.29, 0.717) is 11.3 Å². The lowest BCUT2D eigenvalue weighted by Gasteiger charge is -2.27. The molecule has 2 aromatic rings. The van der Waals surface area contributed by atoms with E-state index in [2.05, 4.69) is 10.6 Å². The topological polar surface area (TPSA) is 84.2 Å². The molecule has 0 aliphatic carbocycles. The highest BCUT2D eigenvalue weighted by Gasteiger charge is 2.22. The quantitative estimate of drug-likeness (QED) is 0.810. The highest BCUT2D eigenvalue weighted by Crippen LogP contribution is 2.19. The first-order valence-corrected chi connectivity index (χ1v) is 6.93. The first-order valence-electron chi connectivity index (χ1n) is 6.93. The van der Waals surface area contributed by atoms with E-state index in [9.17, 15) is 9.59 Å². The summed E-state index contributed by atoms with van der Waals surface area (Å²) in [7, 11) is 0. The number of anilines is 1. The maximum absolute atomic E-state index is 12.1. The molecule has 0 unspecified atom stereocenters. The number of carbonyl (C=O) groups is 2. The van der Waals surface area contributed by atoms with Crippen LogP contribution < -0.4 is 16.4 Å². The van der Waals surface area contributed by atoms with E-state index in [1.165, 1.54) is 0 Å². The minimum absolute atomic E-state index is 0.319. The predicted octanol–water partition coefficient (Wildman–Crippen LogP) is 2.84. The van der Waals surface area contributed by atoms with Gasteiger partial charge in [-0.25, -0.2) is 4.79 Å². The third-order valence-electron chi connectivity index (χ3n) is 3.35. The monoisotopic (exact) mass is 297 g/mol. The van der Waals surface area contributed by atoms with Crippen molar-refractivity contribution in [2.24, 2.45) is 5.73 Å². The van der Waals surface area contributed by atoms with Crippen molar-refractivity contribution in [1.29, 1.82) is 0 Å². The summed E-state index contributed by atoms with van der Waals surface area (Å²) < 4.78 is 0. The van der Waals surface area contributed by atoms with Gasteiger partial charge in [-0.1, -0.05) is 30.3 Å². The third-order valence-corrected chi connectivity index (χ3v) is 3.35. The predicted molar refractivity (Wildman–Crippen MR) is 86.6 cm³/mol. The highest BCUT2D eigenvalue weighted by molar-refractivity contribution is 5.94. The minimum Gasteiger partial charge on any atom is -0.366 e. The van der Waals surface area contributed by atoms with E-state index < -0.39 is 11.4 Å². The minimum atomic E-state index is -0.501. The number of primary amides is 1. The van der Waals surface area contributed by atoms with Gasteiger partial charge in [0.25, 0.3) is 0 Å². The van der Waals surface area contributed by atoms with Crippen molar-refractivity contribution in [3.05, 3.63) is 65.7 Å². The molecule has 114 valence electrons. The molecule has 0 aliphatic rings. The first kappa shape index (κ1) is 15.6. The van der Waals surface area contributed by atoms with Crippen LogP contribution in [0.15, 0.2) is 54.6 Å². The molecule has 2 aromatic carbocycles. The van der Waals surface area contributed by atoms with E-state index in [0.717, 1.165) is 5.56 Å². The Labute approximate surface area is 129 Å². The zero-order valence-corrected chi connectivity index (χ0v) is 12.6. The number of hydrogen-bond donors (Lipinski definition) is 3. The zero-order valence-electron chi connectivity index (χ0n) is 12.6. The Kier molecular flexibility index (Phi) is 4.46. The fourth-order valence-electron chi connectivity index (χ4n) is 2.09. The fourth-order valence-corrected chi connectivity index (χ4v) is 2.09. The van der Waals surface area contributed by atoms with E-state index in [1.807, 2.05) is 44.2 Å². The van der Waals surface area contributed by atoms with Gasteiger partial charge in [-0.2, -0.15) is 0 Å². The van der Waals surface area contributed by atoms with Crippen molar-refractivity contribution in [3.8, 4) is 0 Å². The van der Waals surface area contributed by atoms with Crippen LogP contribution in [0.25, 0.3) is 0 Å². The van der Waals surface area contributed by atoms with Crippen LogP contribution in [-0.2, 0) is 5.54 Å². The lowest BCUT2D eigenvalue weighted by molar-refractivity contribution is 0.100. The van der Waals surface area contributed by atoms with E-state index in [4.69, 9.17) is 5.73 Å². The average Bonchev–Trinajstić information content (AvgIpc) is 2.48. The molecule has 3 amide bonds. The Bertz CT molecular complexity index is 664.